The van der Waals surface area contributed by atoms with E-state index in [0.717, 1.165) is 33.6 Å². The zero-order chi connectivity index (χ0) is 24.4. The lowest BCUT2D eigenvalue weighted by Crippen LogP contribution is -2.60. The Labute approximate surface area is 197 Å². The first-order valence-corrected chi connectivity index (χ1v) is 11.0. The van der Waals surface area contributed by atoms with Crippen molar-refractivity contribution in [3.8, 4) is 28.4 Å². The van der Waals surface area contributed by atoms with Crippen molar-refractivity contribution in [2.24, 2.45) is 0 Å². The Balaban J connectivity index is 1.79. The molecule has 1 fully saturated rings. The monoisotopic (exact) mass is 474 g/mol. The van der Waals surface area contributed by atoms with Crippen molar-refractivity contribution >= 4 is 5.57 Å². The van der Waals surface area contributed by atoms with Crippen molar-refractivity contribution in [3.05, 3.63) is 47.5 Å². The largest absolute Gasteiger partial charge is 0.497 e. The van der Waals surface area contributed by atoms with Crippen LogP contribution in [0.3, 0.4) is 0 Å². The van der Waals surface area contributed by atoms with Crippen LogP contribution in [-0.2, 0) is 15.9 Å². The van der Waals surface area contributed by atoms with E-state index in [1.54, 1.807) is 20.3 Å². The van der Waals surface area contributed by atoms with Crippen LogP contribution in [-0.4, -0.2) is 85.7 Å². The third-order valence-corrected chi connectivity index (χ3v) is 6.21. The minimum atomic E-state index is -1.55. The van der Waals surface area contributed by atoms with E-state index in [-0.39, 0.29) is 5.75 Å². The molecule has 2 aromatic rings. The van der Waals surface area contributed by atoms with Crippen LogP contribution in [0.4, 0.5) is 0 Å². The average Bonchev–Trinajstić information content (AvgIpc) is 3.00. The third-order valence-electron chi connectivity index (χ3n) is 6.21. The zero-order valence-corrected chi connectivity index (χ0v) is 19.3. The van der Waals surface area contributed by atoms with Crippen LogP contribution < -0.4 is 14.2 Å². The van der Waals surface area contributed by atoms with Crippen molar-refractivity contribution in [3.63, 3.8) is 0 Å². The van der Waals surface area contributed by atoms with E-state index in [1.807, 2.05) is 24.3 Å². The molecule has 1 heterocycles. The molecule has 4 N–H and O–H groups in total. The second-order valence-electron chi connectivity index (χ2n) is 8.25. The molecule has 0 aromatic heterocycles. The van der Waals surface area contributed by atoms with E-state index in [0.29, 0.717) is 18.8 Å². The van der Waals surface area contributed by atoms with E-state index in [1.165, 1.54) is 7.11 Å². The highest BCUT2D eigenvalue weighted by Gasteiger charge is 2.45. The van der Waals surface area contributed by atoms with Crippen LogP contribution in [0.1, 0.15) is 11.1 Å². The lowest BCUT2D eigenvalue weighted by Gasteiger charge is -2.39. The summed E-state index contributed by atoms with van der Waals surface area (Å²) in [6, 6.07) is 9.45. The predicted molar refractivity (Wildman–Crippen MR) is 123 cm³/mol. The van der Waals surface area contributed by atoms with E-state index in [4.69, 9.17) is 23.7 Å². The summed E-state index contributed by atoms with van der Waals surface area (Å²) in [5, 5.41) is 40.1. The lowest BCUT2D eigenvalue weighted by atomic mass is 9.93. The highest BCUT2D eigenvalue weighted by molar-refractivity contribution is 5.87. The second-order valence-corrected chi connectivity index (χ2v) is 8.25. The normalized spacial score (nSPS) is 26.1. The van der Waals surface area contributed by atoms with Crippen molar-refractivity contribution < 1.29 is 44.1 Å². The van der Waals surface area contributed by atoms with Gasteiger partial charge in [-0.3, -0.25) is 0 Å². The summed E-state index contributed by atoms with van der Waals surface area (Å²) in [5.74, 6) is 1.40. The SMILES string of the molecule is COCC1=CCc2cc(OC)ccc2-c2cc(O[C@@H]3O[C@H](CO)[C@@H](O)[C@H](O)[C@H]3O)c(OC)cc21. The molecule has 0 radical (unpaired) electrons. The van der Waals surface area contributed by atoms with Crippen LogP contribution in [0.5, 0.6) is 17.2 Å². The Morgan fingerprint density at radius 2 is 1.65 bits per heavy atom. The highest BCUT2D eigenvalue weighted by atomic mass is 16.7. The summed E-state index contributed by atoms with van der Waals surface area (Å²) < 4.78 is 27.9. The summed E-state index contributed by atoms with van der Waals surface area (Å²) >= 11 is 0. The Morgan fingerprint density at radius 3 is 2.32 bits per heavy atom. The first-order chi connectivity index (χ1) is 16.4. The summed E-state index contributed by atoms with van der Waals surface area (Å²) in [6.07, 6.45) is -4.21. The molecule has 9 nitrogen and oxygen atoms in total. The summed E-state index contributed by atoms with van der Waals surface area (Å²) in [6.45, 7) is -0.152. The number of rotatable bonds is 7. The Bertz CT molecular complexity index is 1050. The van der Waals surface area contributed by atoms with Crippen molar-refractivity contribution in [2.45, 2.75) is 37.1 Å². The smallest absolute Gasteiger partial charge is 0.229 e. The van der Waals surface area contributed by atoms with Gasteiger partial charge in [0.25, 0.3) is 0 Å². The summed E-state index contributed by atoms with van der Waals surface area (Å²) in [4.78, 5) is 0. The minimum Gasteiger partial charge on any atom is -0.497 e. The summed E-state index contributed by atoms with van der Waals surface area (Å²) in [5.41, 5.74) is 4.77. The first kappa shape index (κ1) is 24.5. The Morgan fingerprint density at radius 1 is 0.882 bits per heavy atom. The fourth-order valence-corrected chi connectivity index (χ4v) is 4.35. The third kappa shape index (κ3) is 4.50. The van der Waals surface area contributed by atoms with Gasteiger partial charge in [-0.1, -0.05) is 12.1 Å². The molecule has 1 saturated heterocycles. The van der Waals surface area contributed by atoms with Gasteiger partial charge in [0, 0.05) is 7.11 Å². The van der Waals surface area contributed by atoms with Gasteiger partial charge in [-0.15, -0.1) is 0 Å². The van der Waals surface area contributed by atoms with Gasteiger partial charge in [-0.25, -0.2) is 0 Å². The molecule has 0 bridgehead atoms. The van der Waals surface area contributed by atoms with Crippen molar-refractivity contribution in [2.75, 3.05) is 34.5 Å². The molecule has 0 spiro atoms. The average molecular weight is 475 g/mol. The molecule has 1 aliphatic carbocycles. The van der Waals surface area contributed by atoms with E-state index >= 15 is 0 Å². The molecule has 9 heteroatoms. The van der Waals surface area contributed by atoms with Crippen molar-refractivity contribution in [1.29, 1.82) is 0 Å². The van der Waals surface area contributed by atoms with Gasteiger partial charge in [0.15, 0.2) is 11.5 Å². The van der Waals surface area contributed by atoms with Crippen LogP contribution in [0, 0.1) is 0 Å². The lowest BCUT2D eigenvalue weighted by molar-refractivity contribution is -0.277. The highest BCUT2D eigenvalue weighted by Crippen LogP contribution is 2.43. The number of hydrogen-bond acceptors (Lipinski definition) is 9. The molecule has 4 rings (SSSR count). The predicted octanol–water partition coefficient (Wildman–Crippen LogP) is 1.14. The maximum atomic E-state index is 10.4. The van der Waals surface area contributed by atoms with Gasteiger partial charge in [0.05, 0.1) is 27.4 Å². The molecule has 0 amide bonds. The number of aliphatic hydroxyl groups excluding tert-OH is 4. The molecule has 0 unspecified atom stereocenters. The topological polar surface area (TPSA) is 127 Å². The molecule has 34 heavy (non-hydrogen) atoms. The first-order valence-electron chi connectivity index (χ1n) is 11.0. The van der Waals surface area contributed by atoms with E-state index in [9.17, 15) is 20.4 Å². The Hall–Kier alpha value is -2.66. The molecule has 184 valence electrons. The van der Waals surface area contributed by atoms with Gasteiger partial charge in [0.1, 0.15) is 30.2 Å². The fourth-order valence-electron chi connectivity index (χ4n) is 4.35. The number of ether oxygens (including phenoxy) is 5. The number of aliphatic hydroxyl groups is 4. The molecule has 2 aliphatic rings. The number of hydrogen-bond donors (Lipinski definition) is 4. The molecular weight excluding hydrogens is 444 g/mol. The van der Waals surface area contributed by atoms with Gasteiger partial charge in [-0.05, 0) is 58.5 Å². The maximum Gasteiger partial charge on any atom is 0.229 e. The molecule has 0 saturated carbocycles. The van der Waals surface area contributed by atoms with Gasteiger partial charge >= 0.3 is 0 Å². The number of methoxy groups -OCH3 is 3. The standard InChI is InChI=1S/C25H30O9/c1-30-12-14-5-4-13-8-15(31-2)6-7-16(13)18-10-20(19(32-3)9-17(14)18)33-25-24(29)23(28)22(27)21(11-26)34-25/h5-10,21-29H,4,11-12H2,1-3H3/t21-,22-,23+,24-,25-/m1/s1. The van der Waals surface area contributed by atoms with Gasteiger partial charge < -0.3 is 44.1 Å². The number of allylic oxidation sites excluding steroid dienone is 1. The van der Waals surface area contributed by atoms with E-state index in [2.05, 4.69) is 6.08 Å². The van der Waals surface area contributed by atoms with Crippen LogP contribution >= 0.6 is 0 Å². The van der Waals surface area contributed by atoms with Crippen LogP contribution in [0.2, 0.25) is 0 Å². The van der Waals surface area contributed by atoms with Crippen LogP contribution in [0.15, 0.2) is 36.4 Å². The quantitative estimate of drug-likeness (QED) is 0.467. The summed E-state index contributed by atoms with van der Waals surface area (Å²) in [7, 11) is 4.75. The maximum absolute atomic E-state index is 10.4. The zero-order valence-electron chi connectivity index (χ0n) is 19.3. The van der Waals surface area contributed by atoms with Crippen LogP contribution in [0.25, 0.3) is 16.7 Å². The van der Waals surface area contributed by atoms with Gasteiger partial charge in [-0.2, -0.15) is 0 Å². The molecule has 1 aliphatic heterocycles. The molecule has 2 aromatic carbocycles. The number of benzene rings is 2. The van der Waals surface area contributed by atoms with Crippen molar-refractivity contribution in [1.82, 2.24) is 0 Å². The van der Waals surface area contributed by atoms with Gasteiger partial charge in [0.2, 0.25) is 6.29 Å². The molecular formula is C25H30O9. The minimum absolute atomic E-state index is 0.269. The fraction of sp³-hybridized carbons (Fsp3) is 0.440. The van der Waals surface area contributed by atoms with E-state index < -0.39 is 37.3 Å². The molecule has 5 atom stereocenters. The second kappa shape index (κ2) is 10.3. The number of fused-ring (bicyclic) bond motifs is 3. The Kier molecular flexibility index (Phi) is 7.42.